The van der Waals surface area contributed by atoms with E-state index in [2.05, 4.69) is 10.1 Å². The van der Waals surface area contributed by atoms with E-state index in [9.17, 15) is 13.2 Å². The highest BCUT2D eigenvalue weighted by atomic mass is 35.5. The minimum Gasteiger partial charge on any atom is -0.213 e. The van der Waals surface area contributed by atoms with Gasteiger partial charge in [0.25, 0.3) is 5.82 Å². The molecule has 0 aliphatic carbocycles. The Morgan fingerprint density at radius 3 is 2.38 bits per heavy atom. The van der Waals surface area contributed by atoms with Gasteiger partial charge in [-0.05, 0) is 42.7 Å². The summed E-state index contributed by atoms with van der Waals surface area (Å²) in [5.41, 5.74) is 0.949. The second kappa shape index (κ2) is 6.49. The number of thioether (sulfide) groups is 1. The van der Waals surface area contributed by atoms with Gasteiger partial charge in [-0.25, -0.2) is 9.67 Å². The monoisotopic (exact) mass is 369 g/mol. The Hall–Kier alpha value is -1.99. The summed E-state index contributed by atoms with van der Waals surface area (Å²) in [5.74, 6) is -1.10. The van der Waals surface area contributed by atoms with Crippen LogP contribution in [0.25, 0.3) is 17.1 Å². The van der Waals surface area contributed by atoms with Gasteiger partial charge in [0.15, 0.2) is 5.82 Å². The molecule has 2 aromatic carbocycles. The largest absolute Gasteiger partial charge is 0.453 e. The van der Waals surface area contributed by atoms with Gasteiger partial charge in [-0.3, -0.25) is 0 Å². The molecule has 0 N–H and O–H groups in total. The first-order valence-electron chi connectivity index (χ1n) is 6.83. The lowest BCUT2D eigenvalue weighted by molar-refractivity contribution is -0.144. The second-order valence-electron chi connectivity index (χ2n) is 4.88. The van der Waals surface area contributed by atoms with Crippen LogP contribution < -0.4 is 0 Å². The maximum Gasteiger partial charge on any atom is 0.453 e. The molecule has 0 amide bonds. The van der Waals surface area contributed by atoms with Crippen molar-refractivity contribution >= 4 is 23.4 Å². The van der Waals surface area contributed by atoms with E-state index in [-0.39, 0.29) is 5.82 Å². The van der Waals surface area contributed by atoms with Crippen molar-refractivity contribution in [3.05, 3.63) is 59.4 Å². The van der Waals surface area contributed by atoms with Gasteiger partial charge >= 0.3 is 6.18 Å². The molecule has 0 fully saturated rings. The van der Waals surface area contributed by atoms with Crippen molar-refractivity contribution in [2.45, 2.75) is 11.1 Å². The maximum absolute atomic E-state index is 13.0. The van der Waals surface area contributed by atoms with E-state index >= 15 is 0 Å². The summed E-state index contributed by atoms with van der Waals surface area (Å²) >= 11 is 7.49. The molecule has 0 aliphatic heterocycles. The van der Waals surface area contributed by atoms with Crippen LogP contribution in [-0.4, -0.2) is 21.0 Å². The van der Waals surface area contributed by atoms with Crippen molar-refractivity contribution in [1.29, 1.82) is 0 Å². The molecule has 3 aromatic rings. The Morgan fingerprint density at radius 1 is 1.08 bits per heavy atom. The van der Waals surface area contributed by atoms with Crippen LogP contribution >= 0.6 is 23.4 Å². The van der Waals surface area contributed by atoms with Crippen LogP contribution in [0.5, 0.6) is 0 Å². The number of benzene rings is 2. The topological polar surface area (TPSA) is 30.7 Å². The number of aromatic nitrogens is 3. The molecule has 124 valence electrons. The lowest BCUT2D eigenvalue weighted by Crippen LogP contribution is -2.08. The van der Waals surface area contributed by atoms with E-state index in [4.69, 9.17) is 11.6 Å². The fraction of sp³-hybridized carbons (Fsp3) is 0.125. The molecule has 0 unspecified atom stereocenters. The van der Waals surface area contributed by atoms with E-state index in [0.717, 1.165) is 4.90 Å². The van der Waals surface area contributed by atoms with E-state index < -0.39 is 12.0 Å². The smallest absolute Gasteiger partial charge is 0.213 e. The quantitative estimate of drug-likeness (QED) is 0.585. The zero-order chi connectivity index (χ0) is 17.3. The molecule has 0 saturated carbocycles. The summed E-state index contributed by atoms with van der Waals surface area (Å²) in [6.07, 6.45) is -2.71. The number of alkyl halides is 3. The molecule has 1 aromatic heterocycles. The van der Waals surface area contributed by atoms with Crippen LogP contribution in [0, 0.1) is 0 Å². The van der Waals surface area contributed by atoms with Crippen LogP contribution in [0.1, 0.15) is 5.82 Å². The minimum absolute atomic E-state index is 0.0849. The summed E-state index contributed by atoms with van der Waals surface area (Å²) < 4.78 is 40.3. The van der Waals surface area contributed by atoms with Crippen molar-refractivity contribution < 1.29 is 13.2 Å². The molecule has 3 rings (SSSR count). The molecule has 0 saturated heterocycles. The number of hydrogen-bond acceptors (Lipinski definition) is 3. The van der Waals surface area contributed by atoms with E-state index in [0.29, 0.717) is 16.3 Å². The van der Waals surface area contributed by atoms with E-state index in [1.165, 1.54) is 4.68 Å². The summed E-state index contributed by atoms with van der Waals surface area (Å²) in [7, 11) is 0. The first-order chi connectivity index (χ1) is 11.4. The van der Waals surface area contributed by atoms with Crippen molar-refractivity contribution in [3.63, 3.8) is 0 Å². The van der Waals surface area contributed by atoms with Crippen molar-refractivity contribution in [3.8, 4) is 17.1 Å². The average Bonchev–Trinajstić information content (AvgIpc) is 3.00. The number of halogens is 4. The van der Waals surface area contributed by atoms with Crippen molar-refractivity contribution in [1.82, 2.24) is 14.8 Å². The van der Waals surface area contributed by atoms with Crippen LogP contribution in [0.3, 0.4) is 0 Å². The van der Waals surface area contributed by atoms with Gasteiger partial charge in [0.1, 0.15) is 0 Å². The average molecular weight is 370 g/mol. The predicted octanol–water partition coefficient (Wildman–Crippen LogP) is 5.33. The van der Waals surface area contributed by atoms with Gasteiger partial charge < -0.3 is 0 Å². The van der Waals surface area contributed by atoms with Gasteiger partial charge in [-0.1, -0.05) is 23.7 Å². The highest BCUT2D eigenvalue weighted by Crippen LogP contribution is 2.31. The van der Waals surface area contributed by atoms with Crippen LogP contribution in [-0.2, 0) is 6.18 Å². The zero-order valence-corrected chi connectivity index (χ0v) is 14.0. The molecule has 0 radical (unpaired) electrons. The zero-order valence-electron chi connectivity index (χ0n) is 12.4. The molecule has 0 atom stereocenters. The lowest BCUT2D eigenvalue weighted by atomic mass is 10.2. The van der Waals surface area contributed by atoms with Crippen LogP contribution in [0.4, 0.5) is 13.2 Å². The maximum atomic E-state index is 13.0. The van der Waals surface area contributed by atoms with E-state index in [1.54, 1.807) is 48.2 Å². The summed E-state index contributed by atoms with van der Waals surface area (Å²) in [5, 5.41) is 4.05. The van der Waals surface area contributed by atoms with Gasteiger partial charge in [0, 0.05) is 15.5 Å². The molecule has 0 spiro atoms. The van der Waals surface area contributed by atoms with Gasteiger partial charge in [0.2, 0.25) is 0 Å². The molecule has 0 bridgehead atoms. The van der Waals surface area contributed by atoms with Crippen LogP contribution in [0.2, 0.25) is 5.02 Å². The molecule has 8 heteroatoms. The molecule has 24 heavy (non-hydrogen) atoms. The third kappa shape index (κ3) is 3.42. The van der Waals surface area contributed by atoms with E-state index in [1.807, 2.05) is 18.4 Å². The molecular weight excluding hydrogens is 359 g/mol. The Labute approximate surface area is 145 Å². The fourth-order valence-corrected chi connectivity index (χ4v) is 2.75. The minimum atomic E-state index is -4.63. The Balaban J connectivity index is 2.17. The van der Waals surface area contributed by atoms with Crippen molar-refractivity contribution in [2.75, 3.05) is 6.26 Å². The first kappa shape index (κ1) is 16.9. The Bertz CT molecular complexity index is 860. The Morgan fingerprint density at radius 2 is 1.79 bits per heavy atom. The highest BCUT2D eigenvalue weighted by Gasteiger charge is 2.37. The van der Waals surface area contributed by atoms with Crippen LogP contribution in [0.15, 0.2) is 53.4 Å². The van der Waals surface area contributed by atoms with Crippen molar-refractivity contribution in [2.24, 2.45) is 0 Å². The molecular formula is C16H11ClF3N3S. The fourth-order valence-electron chi connectivity index (χ4n) is 2.15. The normalized spacial score (nSPS) is 11.7. The molecule has 3 nitrogen and oxygen atoms in total. The Kier molecular flexibility index (Phi) is 4.56. The lowest BCUT2D eigenvalue weighted by Gasteiger charge is -2.07. The third-order valence-electron chi connectivity index (χ3n) is 3.26. The number of nitrogens with zero attached hydrogens (tertiary/aromatic N) is 3. The summed E-state index contributed by atoms with van der Waals surface area (Å²) in [6, 6.07) is 13.5. The van der Waals surface area contributed by atoms with Gasteiger partial charge in [-0.2, -0.15) is 13.2 Å². The summed E-state index contributed by atoms with van der Waals surface area (Å²) in [4.78, 5) is 4.67. The molecule has 0 aliphatic rings. The highest BCUT2D eigenvalue weighted by molar-refractivity contribution is 7.98. The number of hydrogen-bond donors (Lipinski definition) is 0. The second-order valence-corrected chi connectivity index (χ2v) is 6.19. The number of rotatable bonds is 3. The van der Waals surface area contributed by atoms with Gasteiger partial charge in [-0.15, -0.1) is 16.9 Å². The first-order valence-corrected chi connectivity index (χ1v) is 8.43. The summed E-state index contributed by atoms with van der Waals surface area (Å²) in [6.45, 7) is 0. The predicted molar refractivity (Wildman–Crippen MR) is 88.6 cm³/mol. The third-order valence-corrected chi connectivity index (χ3v) is 4.24. The SMILES string of the molecule is CSc1ccc(-n2nc(C(F)(F)F)nc2-c2cccc(Cl)c2)cc1. The van der Waals surface area contributed by atoms with Gasteiger partial charge in [0.05, 0.1) is 5.69 Å². The molecule has 1 heterocycles. The standard InChI is InChI=1S/C16H11ClF3N3S/c1-24-13-7-5-12(6-8-13)23-14(10-3-2-4-11(17)9-10)21-15(22-23)16(18,19)20/h2-9H,1H3.